The lowest BCUT2D eigenvalue weighted by atomic mass is 9.98. The largest absolute Gasteiger partial charge is 0.0832 e. The van der Waals surface area contributed by atoms with E-state index in [1.165, 1.54) is 24.0 Å². The monoisotopic (exact) mass is 248 g/mol. The molecule has 1 aliphatic carbocycles. The molecule has 0 nitrogen and oxygen atoms in total. The van der Waals surface area contributed by atoms with E-state index in [2.05, 4.69) is 48.6 Å². The third-order valence-corrected chi connectivity index (χ3v) is 2.74. The van der Waals surface area contributed by atoms with E-state index >= 15 is 0 Å². The Morgan fingerprint density at radius 2 is 2.30 bits per heavy atom. The summed E-state index contributed by atoms with van der Waals surface area (Å²) in [5.74, 6) is 0. The van der Waals surface area contributed by atoms with E-state index in [0.717, 1.165) is 3.92 Å². The Kier molecular flexibility index (Phi) is 2.96. The smallest absolute Gasteiger partial charge is 0.0184 e. The maximum absolute atomic E-state index is 2.52. The van der Waals surface area contributed by atoms with Crippen LogP contribution in [0.25, 0.3) is 0 Å². The van der Waals surface area contributed by atoms with Crippen molar-refractivity contribution in [2.45, 2.75) is 30.6 Å². The molecule has 56 valence electrons. The van der Waals surface area contributed by atoms with Gasteiger partial charge in [0.05, 0.1) is 0 Å². The minimum atomic E-state index is 0.826. The van der Waals surface area contributed by atoms with Gasteiger partial charge in [-0.2, -0.15) is 0 Å². The molecule has 0 aromatic carbocycles. The van der Waals surface area contributed by atoms with Crippen molar-refractivity contribution in [3.05, 3.63) is 23.3 Å². The van der Waals surface area contributed by atoms with E-state index in [0.29, 0.717) is 0 Å². The van der Waals surface area contributed by atoms with Crippen molar-refractivity contribution < 1.29 is 0 Å². The van der Waals surface area contributed by atoms with Crippen molar-refractivity contribution in [1.82, 2.24) is 0 Å². The van der Waals surface area contributed by atoms with Crippen LogP contribution >= 0.6 is 22.6 Å². The summed E-state index contributed by atoms with van der Waals surface area (Å²) in [5, 5.41) is 0. The molecular weight excluding hydrogens is 235 g/mol. The molecule has 0 heterocycles. The Balaban J connectivity index is 2.73. The summed E-state index contributed by atoms with van der Waals surface area (Å²) in [6, 6.07) is 0. The minimum absolute atomic E-state index is 0.826. The summed E-state index contributed by atoms with van der Waals surface area (Å²) in [6.07, 6.45) is 7.06. The summed E-state index contributed by atoms with van der Waals surface area (Å²) in [4.78, 5) is 0. The van der Waals surface area contributed by atoms with Gasteiger partial charge in [-0.15, -0.1) is 0 Å². The van der Waals surface area contributed by atoms with E-state index in [4.69, 9.17) is 0 Å². The van der Waals surface area contributed by atoms with Crippen LogP contribution in [0.4, 0.5) is 0 Å². The van der Waals surface area contributed by atoms with Crippen molar-refractivity contribution in [2.24, 2.45) is 0 Å². The van der Waals surface area contributed by atoms with Gasteiger partial charge in [0.25, 0.3) is 0 Å². The number of hydrogen-bond acceptors (Lipinski definition) is 0. The van der Waals surface area contributed by atoms with Crippen LogP contribution in [0, 0.1) is 0 Å². The first-order chi connectivity index (χ1) is 4.70. The van der Waals surface area contributed by atoms with Gasteiger partial charge in [-0.25, -0.2) is 0 Å². The summed E-state index contributed by atoms with van der Waals surface area (Å²) in [7, 11) is 0. The highest BCUT2D eigenvalue weighted by molar-refractivity contribution is 14.1. The van der Waals surface area contributed by atoms with E-state index in [-0.39, 0.29) is 0 Å². The molecule has 0 amide bonds. The van der Waals surface area contributed by atoms with Crippen molar-refractivity contribution in [1.29, 1.82) is 0 Å². The fraction of sp³-hybridized carbons (Fsp3) is 0.556. The molecule has 1 rings (SSSR count). The molecule has 1 atom stereocenters. The summed E-state index contributed by atoms with van der Waals surface area (Å²) in [6.45, 7) is 4.38. The molecule has 0 aromatic heterocycles. The predicted molar refractivity (Wildman–Crippen MR) is 54.6 cm³/mol. The van der Waals surface area contributed by atoms with Crippen molar-refractivity contribution in [3.8, 4) is 0 Å². The molecule has 1 aliphatic rings. The van der Waals surface area contributed by atoms with Gasteiger partial charge < -0.3 is 0 Å². The van der Waals surface area contributed by atoms with Crippen LogP contribution in [0.1, 0.15) is 26.7 Å². The van der Waals surface area contributed by atoms with Gasteiger partial charge >= 0.3 is 0 Å². The molecule has 0 aliphatic heterocycles. The average molecular weight is 248 g/mol. The second-order valence-electron chi connectivity index (χ2n) is 2.96. The maximum atomic E-state index is 2.52. The van der Waals surface area contributed by atoms with Gasteiger partial charge in [0, 0.05) is 3.92 Å². The first-order valence-electron chi connectivity index (χ1n) is 3.67. The average Bonchev–Trinajstić information content (AvgIpc) is 1.88. The van der Waals surface area contributed by atoms with Gasteiger partial charge in [-0.05, 0) is 32.3 Å². The highest BCUT2D eigenvalue weighted by Crippen LogP contribution is 2.25. The van der Waals surface area contributed by atoms with E-state index in [9.17, 15) is 0 Å². The van der Waals surface area contributed by atoms with Gasteiger partial charge in [0.2, 0.25) is 0 Å². The number of allylic oxidation sites excluding steroid dienone is 4. The zero-order chi connectivity index (χ0) is 7.56. The lowest BCUT2D eigenvalue weighted by Crippen LogP contribution is -2.02. The molecule has 0 saturated carbocycles. The SMILES string of the molecule is CC(C)=C1C=CCC(I)C1. The molecule has 0 bridgehead atoms. The molecule has 0 saturated heterocycles. The summed E-state index contributed by atoms with van der Waals surface area (Å²) in [5.41, 5.74) is 3.00. The Bertz CT molecular complexity index is 173. The topological polar surface area (TPSA) is 0 Å². The first kappa shape index (κ1) is 8.31. The van der Waals surface area contributed by atoms with Crippen LogP contribution in [0.5, 0.6) is 0 Å². The molecular formula is C9H13I. The molecule has 10 heavy (non-hydrogen) atoms. The Hall–Kier alpha value is 0.210. The Morgan fingerprint density at radius 1 is 1.60 bits per heavy atom. The van der Waals surface area contributed by atoms with Crippen molar-refractivity contribution in [3.63, 3.8) is 0 Å². The lowest BCUT2D eigenvalue weighted by Gasteiger charge is -2.14. The fourth-order valence-electron chi connectivity index (χ4n) is 1.12. The molecule has 0 aromatic rings. The zero-order valence-corrected chi connectivity index (χ0v) is 8.68. The standard InChI is InChI=1S/C9H13I/c1-7(2)8-4-3-5-9(10)6-8/h3-4,9H,5-6H2,1-2H3. The van der Waals surface area contributed by atoms with Crippen molar-refractivity contribution in [2.75, 3.05) is 0 Å². The van der Waals surface area contributed by atoms with Crippen LogP contribution < -0.4 is 0 Å². The quantitative estimate of drug-likeness (QED) is 0.454. The molecule has 0 spiro atoms. The summed E-state index contributed by atoms with van der Waals surface area (Å²) < 4.78 is 0.826. The molecule has 0 N–H and O–H groups in total. The maximum Gasteiger partial charge on any atom is 0.0184 e. The number of alkyl halides is 1. The van der Waals surface area contributed by atoms with Gasteiger partial charge in [-0.1, -0.05) is 40.3 Å². The van der Waals surface area contributed by atoms with E-state index < -0.39 is 0 Å². The Labute approximate surface area is 76.5 Å². The molecule has 0 radical (unpaired) electrons. The van der Waals surface area contributed by atoms with Crippen LogP contribution in [-0.2, 0) is 0 Å². The third kappa shape index (κ3) is 2.11. The Morgan fingerprint density at radius 3 is 2.70 bits per heavy atom. The number of hydrogen-bond donors (Lipinski definition) is 0. The second-order valence-corrected chi connectivity index (χ2v) is 4.73. The minimum Gasteiger partial charge on any atom is -0.0832 e. The predicted octanol–water partition coefficient (Wildman–Crippen LogP) is 3.48. The first-order valence-corrected chi connectivity index (χ1v) is 4.91. The highest BCUT2D eigenvalue weighted by atomic mass is 127. The van der Waals surface area contributed by atoms with Crippen LogP contribution in [0.3, 0.4) is 0 Å². The highest BCUT2D eigenvalue weighted by Gasteiger charge is 2.09. The van der Waals surface area contributed by atoms with Crippen molar-refractivity contribution >= 4 is 22.6 Å². The lowest BCUT2D eigenvalue weighted by molar-refractivity contribution is 0.861. The molecule has 0 fully saturated rings. The van der Waals surface area contributed by atoms with Gasteiger partial charge in [0.1, 0.15) is 0 Å². The second kappa shape index (κ2) is 3.56. The zero-order valence-electron chi connectivity index (χ0n) is 6.52. The number of rotatable bonds is 0. The fourth-order valence-corrected chi connectivity index (χ4v) is 1.89. The van der Waals surface area contributed by atoms with E-state index in [1.807, 2.05) is 0 Å². The van der Waals surface area contributed by atoms with E-state index in [1.54, 1.807) is 0 Å². The van der Waals surface area contributed by atoms with Crippen LogP contribution in [0.15, 0.2) is 23.3 Å². The summed E-state index contributed by atoms with van der Waals surface area (Å²) >= 11 is 2.52. The molecule has 1 heteroatoms. The van der Waals surface area contributed by atoms with Gasteiger partial charge in [0.15, 0.2) is 0 Å². The molecule has 1 unspecified atom stereocenters. The van der Waals surface area contributed by atoms with Crippen LogP contribution in [-0.4, -0.2) is 3.92 Å². The third-order valence-electron chi connectivity index (χ3n) is 1.79. The van der Waals surface area contributed by atoms with Crippen LogP contribution in [0.2, 0.25) is 0 Å². The van der Waals surface area contributed by atoms with Gasteiger partial charge in [-0.3, -0.25) is 0 Å². The normalized spacial score (nSPS) is 25.1. The number of halogens is 1.